The van der Waals surface area contributed by atoms with Crippen LogP contribution in [0.5, 0.6) is 0 Å². The molecule has 0 spiro atoms. The van der Waals surface area contributed by atoms with Crippen LogP contribution in [-0.4, -0.2) is 41.7 Å². The molecule has 2 amide bonds. The molecule has 0 radical (unpaired) electrons. The maximum absolute atomic E-state index is 13.7. The number of amides is 2. The van der Waals surface area contributed by atoms with E-state index in [4.69, 9.17) is 14.2 Å². The molecule has 8 nitrogen and oxygen atoms in total. The van der Waals surface area contributed by atoms with Gasteiger partial charge in [0.2, 0.25) is 0 Å². The van der Waals surface area contributed by atoms with Gasteiger partial charge < -0.3 is 19.5 Å². The van der Waals surface area contributed by atoms with Gasteiger partial charge in [-0.15, -0.1) is 6.58 Å². The topological polar surface area (TPSA) is 94.2 Å². The van der Waals surface area contributed by atoms with Crippen LogP contribution in [0.4, 0.5) is 4.79 Å². The molecule has 8 heteroatoms. The van der Waals surface area contributed by atoms with E-state index < -0.39 is 36.3 Å². The minimum atomic E-state index is -1.05. The van der Waals surface area contributed by atoms with Gasteiger partial charge in [-0.05, 0) is 36.1 Å². The number of esters is 1. The Labute approximate surface area is 233 Å². The van der Waals surface area contributed by atoms with Gasteiger partial charge in [0.15, 0.2) is 18.4 Å². The lowest BCUT2D eigenvalue weighted by molar-refractivity contribution is -0.179. The van der Waals surface area contributed by atoms with Crippen molar-refractivity contribution in [3.05, 3.63) is 132 Å². The summed E-state index contributed by atoms with van der Waals surface area (Å²) < 4.78 is 17.1. The van der Waals surface area contributed by atoms with Crippen molar-refractivity contribution in [2.24, 2.45) is 0 Å². The zero-order valence-corrected chi connectivity index (χ0v) is 22.5. The summed E-state index contributed by atoms with van der Waals surface area (Å²) >= 11 is 0. The maximum atomic E-state index is 13.7. The van der Waals surface area contributed by atoms with E-state index in [-0.39, 0.29) is 18.9 Å². The van der Waals surface area contributed by atoms with E-state index in [0.29, 0.717) is 5.57 Å². The van der Waals surface area contributed by atoms with Crippen LogP contribution in [0.2, 0.25) is 0 Å². The summed E-state index contributed by atoms with van der Waals surface area (Å²) in [5.74, 6) is -1.21. The monoisotopic (exact) mass is 540 g/mol. The Hall–Kier alpha value is -4.69. The van der Waals surface area contributed by atoms with Crippen molar-refractivity contribution in [3.63, 3.8) is 0 Å². The summed E-state index contributed by atoms with van der Waals surface area (Å²) in [6, 6.07) is 26.9. The van der Waals surface area contributed by atoms with E-state index in [2.05, 4.69) is 11.9 Å². The standard InChI is InChI=1S/C32H32N2O6/c1-4-20-38-30-26(33-32(37)39-21-23-14-8-5-9-15-23)29(35)34(30)27(22(2)3)31(36)40-28(24-16-10-6-11-17-24)25-18-12-7-13-19-25/h4-19,26,28,30H,1,20-21H2,2-3H3,(H,33,37)/t26-,30-/m1/s1. The van der Waals surface area contributed by atoms with E-state index in [1.807, 2.05) is 91.0 Å². The zero-order chi connectivity index (χ0) is 28.5. The Morgan fingerprint density at radius 3 is 2.00 bits per heavy atom. The summed E-state index contributed by atoms with van der Waals surface area (Å²) in [7, 11) is 0. The fourth-order valence-electron chi connectivity index (χ4n) is 4.35. The Kier molecular flexibility index (Phi) is 9.48. The molecular formula is C32H32N2O6. The van der Waals surface area contributed by atoms with Crippen LogP contribution >= 0.6 is 0 Å². The number of hydrogen-bond acceptors (Lipinski definition) is 6. The molecule has 0 bridgehead atoms. The summed E-state index contributed by atoms with van der Waals surface area (Å²) in [5.41, 5.74) is 2.97. The van der Waals surface area contributed by atoms with E-state index in [1.54, 1.807) is 13.8 Å². The lowest BCUT2D eigenvalue weighted by Gasteiger charge is -2.46. The zero-order valence-electron chi connectivity index (χ0n) is 22.5. The smallest absolute Gasteiger partial charge is 0.408 e. The molecule has 1 fully saturated rings. The third-order valence-corrected chi connectivity index (χ3v) is 6.25. The number of rotatable bonds is 11. The molecule has 1 aliphatic rings. The molecule has 2 atom stereocenters. The first-order valence-corrected chi connectivity index (χ1v) is 12.9. The van der Waals surface area contributed by atoms with Crippen LogP contribution in [0.3, 0.4) is 0 Å². The largest absolute Gasteiger partial charge is 0.448 e. The van der Waals surface area contributed by atoms with Gasteiger partial charge in [-0.1, -0.05) is 97.1 Å². The van der Waals surface area contributed by atoms with Crippen molar-refractivity contribution in [1.82, 2.24) is 10.2 Å². The SMILES string of the molecule is C=CCO[C@@H]1[C@H](NC(=O)OCc2ccccc2)C(=O)N1C(C(=O)OC(c1ccccc1)c1ccccc1)=C(C)C. The van der Waals surface area contributed by atoms with Crippen LogP contribution in [0, 0.1) is 0 Å². The van der Waals surface area contributed by atoms with Crippen LogP contribution in [-0.2, 0) is 30.4 Å². The number of alkyl carbamates (subject to hydrolysis) is 1. The number of nitrogens with zero attached hydrogens (tertiary/aromatic N) is 1. The molecule has 0 aliphatic carbocycles. The molecule has 3 aromatic rings. The second-order valence-electron chi connectivity index (χ2n) is 9.36. The number of benzene rings is 3. The van der Waals surface area contributed by atoms with Crippen LogP contribution in [0.15, 0.2) is 115 Å². The highest BCUT2D eigenvalue weighted by Crippen LogP contribution is 2.32. The molecular weight excluding hydrogens is 508 g/mol. The molecule has 3 aromatic carbocycles. The number of allylic oxidation sites excluding steroid dienone is 1. The van der Waals surface area contributed by atoms with Crippen molar-refractivity contribution in [3.8, 4) is 0 Å². The first kappa shape index (κ1) is 28.3. The second-order valence-corrected chi connectivity index (χ2v) is 9.36. The highest BCUT2D eigenvalue weighted by molar-refractivity contribution is 6.01. The number of hydrogen-bond donors (Lipinski definition) is 1. The first-order chi connectivity index (χ1) is 19.4. The van der Waals surface area contributed by atoms with Gasteiger partial charge in [0.05, 0.1) is 6.61 Å². The third-order valence-electron chi connectivity index (χ3n) is 6.25. The predicted octanol–water partition coefficient (Wildman–Crippen LogP) is 5.28. The fourth-order valence-corrected chi connectivity index (χ4v) is 4.35. The van der Waals surface area contributed by atoms with E-state index in [1.165, 1.54) is 11.0 Å². The lowest BCUT2D eigenvalue weighted by atomic mass is 10.00. The van der Waals surface area contributed by atoms with Gasteiger partial charge in [-0.3, -0.25) is 9.69 Å². The number of β-lactam (4-membered cyclic amide) rings is 1. The van der Waals surface area contributed by atoms with Crippen LogP contribution in [0.1, 0.15) is 36.6 Å². The van der Waals surface area contributed by atoms with Gasteiger partial charge in [0, 0.05) is 0 Å². The van der Waals surface area contributed by atoms with Crippen LogP contribution in [0.25, 0.3) is 0 Å². The minimum absolute atomic E-state index is 0.0430. The molecule has 1 saturated heterocycles. The van der Waals surface area contributed by atoms with Crippen molar-refractivity contribution in [2.45, 2.75) is 38.8 Å². The number of carbonyl (C=O) groups excluding carboxylic acids is 3. The van der Waals surface area contributed by atoms with Crippen molar-refractivity contribution < 1.29 is 28.6 Å². The lowest BCUT2D eigenvalue weighted by Crippen LogP contribution is -2.71. The van der Waals surface area contributed by atoms with E-state index >= 15 is 0 Å². The van der Waals surface area contributed by atoms with Crippen molar-refractivity contribution in [1.29, 1.82) is 0 Å². The number of carbonyl (C=O) groups is 3. The van der Waals surface area contributed by atoms with E-state index in [0.717, 1.165) is 16.7 Å². The van der Waals surface area contributed by atoms with E-state index in [9.17, 15) is 14.4 Å². The third kappa shape index (κ3) is 6.65. The number of ether oxygens (including phenoxy) is 3. The number of nitrogens with one attached hydrogen (secondary N) is 1. The molecule has 0 unspecified atom stereocenters. The fraction of sp³-hybridized carbons (Fsp3) is 0.219. The Morgan fingerprint density at radius 1 is 0.925 bits per heavy atom. The Balaban J connectivity index is 1.52. The van der Waals surface area contributed by atoms with Crippen molar-refractivity contribution in [2.75, 3.05) is 6.61 Å². The summed E-state index contributed by atoms with van der Waals surface area (Å²) in [5, 5.41) is 2.56. The summed E-state index contributed by atoms with van der Waals surface area (Å²) in [6.45, 7) is 7.22. The second kappa shape index (κ2) is 13.4. The summed E-state index contributed by atoms with van der Waals surface area (Å²) in [6.07, 6.45) is -0.912. The van der Waals surface area contributed by atoms with Gasteiger partial charge in [0.1, 0.15) is 12.3 Å². The quantitative estimate of drug-likeness (QED) is 0.154. The molecule has 4 rings (SSSR count). The van der Waals surface area contributed by atoms with Gasteiger partial charge in [-0.25, -0.2) is 9.59 Å². The summed E-state index contributed by atoms with van der Waals surface area (Å²) in [4.78, 5) is 40.7. The molecule has 1 heterocycles. The van der Waals surface area contributed by atoms with Crippen LogP contribution < -0.4 is 5.32 Å². The highest BCUT2D eigenvalue weighted by Gasteiger charge is 2.53. The highest BCUT2D eigenvalue weighted by atomic mass is 16.6. The molecule has 206 valence electrons. The van der Waals surface area contributed by atoms with Crippen molar-refractivity contribution >= 4 is 18.0 Å². The van der Waals surface area contributed by atoms with Gasteiger partial charge >= 0.3 is 12.1 Å². The molecule has 1 aliphatic heterocycles. The average molecular weight is 541 g/mol. The maximum Gasteiger partial charge on any atom is 0.408 e. The number of likely N-dealkylation sites (tertiary alicyclic amines) is 1. The first-order valence-electron chi connectivity index (χ1n) is 12.9. The van der Waals surface area contributed by atoms with Gasteiger partial charge in [0.25, 0.3) is 5.91 Å². The minimum Gasteiger partial charge on any atom is -0.448 e. The normalized spacial score (nSPS) is 16.1. The van der Waals surface area contributed by atoms with Gasteiger partial charge in [-0.2, -0.15) is 0 Å². The Bertz CT molecular complexity index is 1310. The molecule has 0 aromatic heterocycles. The molecule has 0 saturated carbocycles. The molecule has 40 heavy (non-hydrogen) atoms. The average Bonchev–Trinajstić information content (AvgIpc) is 2.98. The molecule has 1 N–H and O–H groups in total. The predicted molar refractivity (Wildman–Crippen MR) is 150 cm³/mol. The Morgan fingerprint density at radius 2 is 1.48 bits per heavy atom.